The number of amides is 1. The van der Waals surface area contributed by atoms with Crippen LogP contribution in [-0.4, -0.2) is 18.0 Å². The van der Waals surface area contributed by atoms with Crippen molar-refractivity contribution in [2.24, 2.45) is 11.1 Å². The molecule has 0 aliphatic carbocycles. The number of nitrogens with one attached hydrogen (secondary N) is 1. The summed E-state index contributed by atoms with van der Waals surface area (Å²) in [5.41, 5.74) is 5.90. The molecule has 0 spiro atoms. The first-order chi connectivity index (χ1) is 6.27. The molecule has 0 bridgehead atoms. The zero-order chi connectivity index (χ0) is 11.4. The summed E-state index contributed by atoms with van der Waals surface area (Å²) in [6, 6.07) is 0.168. The van der Waals surface area contributed by atoms with Gasteiger partial charge in [-0.2, -0.15) is 0 Å². The average Bonchev–Trinajstić information content (AvgIpc) is 2.02. The van der Waals surface area contributed by atoms with Gasteiger partial charge in [0.25, 0.3) is 0 Å². The van der Waals surface area contributed by atoms with Crippen LogP contribution in [0.3, 0.4) is 0 Å². The van der Waals surface area contributed by atoms with E-state index in [1.54, 1.807) is 0 Å². The van der Waals surface area contributed by atoms with E-state index >= 15 is 0 Å². The van der Waals surface area contributed by atoms with Crippen LogP contribution in [0.15, 0.2) is 0 Å². The Hall–Kier alpha value is -0.570. The monoisotopic (exact) mass is 200 g/mol. The third-order valence-electron chi connectivity index (χ3n) is 2.54. The lowest BCUT2D eigenvalue weighted by Gasteiger charge is -2.26. The predicted molar refractivity (Wildman–Crippen MR) is 59.9 cm³/mol. The van der Waals surface area contributed by atoms with Gasteiger partial charge in [0.2, 0.25) is 5.91 Å². The Labute approximate surface area is 87.4 Å². The van der Waals surface area contributed by atoms with Gasteiger partial charge in [0.15, 0.2) is 0 Å². The lowest BCUT2D eigenvalue weighted by atomic mass is 9.85. The summed E-state index contributed by atoms with van der Waals surface area (Å²) in [6.07, 6.45) is 1.37. The first-order valence-corrected chi connectivity index (χ1v) is 5.32. The maximum Gasteiger partial charge on any atom is 0.221 e. The highest BCUT2D eigenvalue weighted by Gasteiger charge is 2.23. The fourth-order valence-corrected chi connectivity index (χ4v) is 0.942. The van der Waals surface area contributed by atoms with Gasteiger partial charge in [-0.05, 0) is 18.8 Å². The van der Waals surface area contributed by atoms with Crippen LogP contribution >= 0.6 is 0 Å². The van der Waals surface area contributed by atoms with Crippen LogP contribution in [0.1, 0.15) is 47.5 Å². The van der Waals surface area contributed by atoms with Crippen LogP contribution in [0, 0.1) is 5.41 Å². The minimum atomic E-state index is -0.0773. The van der Waals surface area contributed by atoms with E-state index in [1.165, 1.54) is 0 Å². The minimum absolute atomic E-state index is 0.00715. The summed E-state index contributed by atoms with van der Waals surface area (Å²) in [5.74, 6) is 0.0572. The van der Waals surface area contributed by atoms with Gasteiger partial charge in [0, 0.05) is 18.5 Å². The maximum absolute atomic E-state index is 11.5. The van der Waals surface area contributed by atoms with Gasteiger partial charge in [0.1, 0.15) is 0 Å². The second kappa shape index (κ2) is 5.35. The Morgan fingerprint density at radius 1 is 1.43 bits per heavy atom. The van der Waals surface area contributed by atoms with E-state index in [0.717, 1.165) is 6.42 Å². The molecule has 0 aliphatic rings. The molecule has 0 aromatic carbocycles. The first kappa shape index (κ1) is 13.4. The van der Waals surface area contributed by atoms with E-state index in [2.05, 4.69) is 12.2 Å². The smallest absolute Gasteiger partial charge is 0.221 e. The molecule has 84 valence electrons. The van der Waals surface area contributed by atoms with Gasteiger partial charge in [-0.15, -0.1) is 0 Å². The number of hydrogen-bond acceptors (Lipinski definition) is 2. The molecule has 2 atom stereocenters. The molecule has 0 radical (unpaired) electrons. The standard InChI is InChI=1S/C11H24N2O/c1-6-8(2)13-10(14)7-9(12)11(3,4)5/h8-9H,6-7,12H2,1-5H3,(H,13,14). The van der Waals surface area contributed by atoms with Crippen molar-refractivity contribution in [2.45, 2.75) is 59.5 Å². The van der Waals surface area contributed by atoms with E-state index in [4.69, 9.17) is 5.73 Å². The van der Waals surface area contributed by atoms with Crippen molar-refractivity contribution >= 4 is 5.91 Å². The van der Waals surface area contributed by atoms with Gasteiger partial charge in [-0.3, -0.25) is 4.79 Å². The molecular weight excluding hydrogens is 176 g/mol. The second-order valence-electron chi connectivity index (χ2n) is 5.05. The molecule has 3 nitrogen and oxygen atoms in total. The van der Waals surface area contributed by atoms with Crippen LogP contribution in [0.2, 0.25) is 0 Å². The van der Waals surface area contributed by atoms with Crippen molar-refractivity contribution in [3.8, 4) is 0 Å². The molecule has 3 heteroatoms. The number of nitrogens with two attached hydrogens (primary N) is 1. The van der Waals surface area contributed by atoms with Crippen molar-refractivity contribution in [3.05, 3.63) is 0 Å². The molecule has 0 rings (SSSR count). The fourth-order valence-electron chi connectivity index (χ4n) is 0.942. The van der Waals surface area contributed by atoms with Gasteiger partial charge in [0.05, 0.1) is 0 Å². The molecule has 0 aliphatic heterocycles. The summed E-state index contributed by atoms with van der Waals surface area (Å²) in [5, 5.41) is 2.91. The number of hydrogen-bond donors (Lipinski definition) is 2. The van der Waals surface area contributed by atoms with Crippen LogP contribution in [0.5, 0.6) is 0 Å². The first-order valence-electron chi connectivity index (χ1n) is 5.32. The van der Waals surface area contributed by atoms with E-state index in [9.17, 15) is 4.79 Å². The SMILES string of the molecule is CCC(C)NC(=O)CC(N)C(C)(C)C. The highest BCUT2D eigenvalue weighted by atomic mass is 16.1. The quantitative estimate of drug-likeness (QED) is 0.725. The molecule has 2 unspecified atom stereocenters. The van der Waals surface area contributed by atoms with E-state index < -0.39 is 0 Å². The zero-order valence-corrected chi connectivity index (χ0v) is 10.1. The van der Waals surface area contributed by atoms with Gasteiger partial charge < -0.3 is 11.1 Å². The Balaban J connectivity index is 3.95. The highest BCUT2D eigenvalue weighted by Crippen LogP contribution is 2.19. The van der Waals surface area contributed by atoms with Crippen molar-refractivity contribution in [1.82, 2.24) is 5.32 Å². The van der Waals surface area contributed by atoms with Crippen molar-refractivity contribution in [3.63, 3.8) is 0 Å². The molecule has 0 heterocycles. The van der Waals surface area contributed by atoms with E-state index in [-0.39, 0.29) is 23.4 Å². The van der Waals surface area contributed by atoms with Crippen LogP contribution < -0.4 is 11.1 Å². The summed E-state index contributed by atoms with van der Waals surface area (Å²) >= 11 is 0. The average molecular weight is 200 g/mol. The Morgan fingerprint density at radius 2 is 1.93 bits per heavy atom. The number of rotatable bonds is 4. The number of carbonyl (C=O) groups is 1. The van der Waals surface area contributed by atoms with Crippen LogP contribution in [-0.2, 0) is 4.79 Å². The largest absolute Gasteiger partial charge is 0.354 e. The molecular formula is C11H24N2O. The predicted octanol–water partition coefficient (Wildman–Crippen LogP) is 1.66. The molecule has 3 N–H and O–H groups in total. The Kier molecular flexibility index (Phi) is 5.13. The van der Waals surface area contributed by atoms with E-state index in [1.807, 2.05) is 27.7 Å². The third kappa shape index (κ3) is 5.22. The fraction of sp³-hybridized carbons (Fsp3) is 0.909. The molecule has 0 saturated carbocycles. The minimum Gasteiger partial charge on any atom is -0.354 e. The maximum atomic E-state index is 11.5. The topological polar surface area (TPSA) is 55.1 Å². The van der Waals surface area contributed by atoms with Gasteiger partial charge in [-0.25, -0.2) is 0 Å². The zero-order valence-electron chi connectivity index (χ0n) is 10.1. The van der Waals surface area contributed by atoms with Crippen molar-refractivity contribution < 1.29 is 4.79 Å². The summed E-state index contributed by atoms with van der Waals surface area (Å²) < 4.78 is 0. The Bertz CT molecular complexity index is 184. The molecule has 0 aromatic heterocycles. The Morgan fingerprint density at radius 3 is 2.29 bits per heavy atom. The van der Waals surface area contributed by atoms with E-state index in [0.29, 0.717) is 6.42 Å². The summed E-state index contributed by atoms with van der Waals surface area (Å²) in [6.45, 7) is 10.2. The van der Waals surface area contributed by atoms with Gasteiger partial charge in [-0.1, -0.05) is 27.7 Å². The third-order valence-corrected chi connectivity index (χ3v) is 2.54. The van der Waals surface area contributed by atoms with Crippen LogP contribution in [0.25, 0.3) is 0 Å². The molecule has 14 heavy (non-hydrogen) atoms. The molecule has 1 amide bonds. The molecule has 0 fully saturated rings. The van der Waals surface area contributed by atoms with Crippen molar-refractivity contribution in [2.75, 3.05) is 0 Å². The van der Waals surface area contributed by atoms with Crippen molar-refractivity contribution in [1.29, 1.82) is 0 Å². The summed E-state index contributed by atoms with van der Waals surface area (Å²) in [7, 11) is 0. The van der Waals surface area contributed by atoms with Crippen LogP contribution in [0.4, 0.5) is 0 Å². The number of carbonyl (C=O) groups excluding carboxylic acids is 1. The molecule has 0 saturated heterocycles. The summed E-state index contributed by atoms with van der Waals surface area (Å²) in [4.78, 5) is 11.5. The lowest BCUT2D eigenvalue weighted by molar-refractivity contribution is -0.122. The second-order valence-corrected chi connectivity index (χ2v) is 5.05. The lowest BCUT2D eigenvalue weighted by Crippen LogP contribution is -2.42. The normalized spacial score (nSPS) is 16.1. The van der Waals surface area contributed by atoms with Gasteiger partial charge >= 0.3 is 0 Å². The molecule has 0 aromatic rings. The highest BCUT2D eigenvalue weighted by molar-refractivity contribution is 5.76.